The number of rotatable bonds is 11. The summed E-state index contributed by atoms with van der Waals surface area (Å²) < 4.78 is 11.1. The second-order valence-corrected chi connectivity index (χ2v) is 6.90. The summed E-state index contributed by atoms with van der Waals surface area (Å²) in [6, 6.07) is 15.7. The highest BCUT2D eigenvalue weighted by Crippen LogP contribution is 2.21. The van der Waals surface area contributed by atoms with Crippen molar-refractivity contribution in [2.24, 2.45) is 5.92 Å². The van der Waals surface area contributed by atoms with Crippen molar-refractivity contribution in [3.05, 3.63) is 70.3 Å². The molecule has 0 aliphatic rings. The molecule has 0 fully saturated rings. The number of carbonyl (C=O) groups is 1. The second kappa shape index (κ2) is 11.8. The number of hydrogen-bond acceptors (Lipinski definition) is 6. The number of benzene rings is 2. The van der Waals surface area contributed by atoms with Crippen molar-refractivity contribution < 1.29 is 19.2 Å². The molecule has 0 saturated carbocycles. The SMILES string of the molecule is CCOC(NC(=O)OCc1ccccc1)[C@H](C)[C@@H](CC)Nc1ccc([N+](=O)[O-])cc1. The molecule has 3 atom stereocenters. The Balaban J connectivity index is 1.97. The number of alkyl carbamates (subject to hydrolysis) is 1. The topological polar surface area (TPSA) is 103 Å². The number of hydrogen-bond donors (Lipinski definition) is 2. The Hall–Kier alpha value is -3.13. The minimum atomic E-state index is -0.547. The fraction of sp³-hybridized carbons (Fsp3) is 0.409. The van der Waals surface area contributed by atoms with Gasteiger partial charge in [-0.3, -0.25) is 15.4 Å². The van der Waals surface area contributed by atoms with Gasteiger partial charge in [-0.15, -0.1) is 0 Å². The predicted octanol–water partition coefficient (Wildman–Crippen LogP) is 4.71. The number of amides is 1. The van der Waals surface area contributed by atoms with E-state index in [4.69, 9.17) is 9.47 Å². The number of nitrogens with zero attached hydrogens (tertiary/aromatic N) is 1. The molecule has 8 nitrogen and oxygen atoms in total. The zero-order chi connectivity index (χ0) is 21.9. The number of non-ortho nitro benzene ring substituents is 1. The van der Waals surface area contributed by atoms with Crippen LogP contribution in [-0.4, -0.2) is 29.9 Å². The zero-order valence-electron chi connectivity index (χ0n) is 17.5. The van der Waals surface area contributed by atoms with Gasteiger partial charge in [0.2, 0.25) is 0 Å². The van der Waals surface area contributed by atoms with Crippen LogP contribution >= 0.6 is 0 Å². The molecule has 0 aromatic heterocycles. The lowest BCUT2D eigenvalue weighted by molar-refractivity contribution is -0.384. The molecule has 8 heteroatoms. The molecule has 2 aromatic rings. The van der Waals surface area contributed by atoms with E-state index in [-0.39, 0.29) is 24.3 Å². The number of ether oxygens (including phenoxy) is 2. The van der Waals surface area contributed by atoms with E-state index in [1.807, 2.05) is 51.1 Å². The van der Waals surface area contributed by atoms with Crippen molar-refractivity contribution >= 4 is 17.5 Å². The molecule has 0 heterocycles. The Morgan fingerprint density at radius 2 is 1.77 bits per heavy atom. The van der Waals surface area contributed by atoms with Crippen molar-refractivity contribution in [1.29, 1.82) is 0 Å². The van der Waals surface area contributed by atoms with Gasteiger partial charge in [-0.25, -0.2) is 4.79 Å². The molecular weight excluding hydrogens is 386 g/mol. The van der Waals surface area contributed by atoms with Crippen molar-refractivity contribution in [1.82, 2.24) is 5.32 Å². The molecule has 0 aliphatic heterocycles. The molecular formula is C22H29N3O5. The van der Waals surface area contributed by atoms with Gasteiger partial charge in [0.15, 0.2) is 0 Å². The quantitative estimate of drug-likeness (QED) is 0.313. The lowest BCUT2D eigenvalue weighted by atomic mass is 9.97. The van der Waals surface area contributed by atoms with E-state index in [0.717, 1.165) is 17.7 Å². The summed E-state index contributed by atoms with van der Waals surface area (Å²) in [7, 11) is 0. The van der Waals surface area contributed by atoms with Gasteiger partial charge in [0, 0.05) is 36.4 Å². The average Bonchev–Trinajstić information content (AvgIpc) is 2.76. The van der Waals surface area contributed by atoms with Crippen LogP contribution in [0.15, 0.2) is 54.6 Å². The van der Waals surface area contributed by atoms with Gasteiger partial charge < -0.3 is 14.8 Å². The molecule has 162 valence electrons. The maximum Gasteiger partial charge on any atom is 0.409 e. The number of nitro groups is 1. The maximum absolute atomic E-state index is 12.3. The third kappa shape index (κ3) is 7.04. The summed E-state index contributed by atoms with van der Waals surface area (Å²) in [6.45, 7) is 6.47. The van der Waals surface area contributed by atoms with Crippen LogP contribution in [0.2, 0.25) is 0 Å². The summed E-state index contributed by atoms with van der Waals surface area (Å²) in [5, 5.41) is 17.0. The van der Waals surface area contributed by atoms with Crippen LogP contribution in [-0.2, 0) is 16.1 Å². The van der Waals surface area contributed by atoms with Crippen LogP contribution < -0.4 is 10.6 Å². The van der Waals surface area contributed by atoms with Crippen molar-refractivity contribution in [3.8, 4) is 0 Å². The van der Waals surface area contributed by atoms with Crippen molar-refractivity contribution in [2.45, 2.75) is 46.1 Å². The minimum absolute atomic E-state index is 0.0302. The third-order valence-corrected chi connectivity index (χ3v) is 4.80. The minimum Gasteiger partial charge on any atom is -0.445 e. The van der Waals surface area contributed by atoms with Crippen LogP contribution in [0, 0.1) is 16.0 Å². The van der Waals surface area contributed by atoms with Crippen LogP contribution in [0.1, 0.15) is 32.8 Å². The first kappa shape index (κ1) is 23.2. The molecule has 2 N–H and O–H groups in total. The number of nitrogens with one attached hydrogen (secondary N) is 2. The van der Waals surface area contributed by atoms with E-state index in [1.165, 1.54) is 12.1 Å². The smallest absolute Gasteiger partial charge is 0.409 e. The fourth-order valence-electron chi connectivity index (χ4n) is 3.10. The Morgan fingerprint density at radius 3 is 2.33 bits per heavy atom. The Kier molecular flexibility index (Phi) is 9.08. The number of anilines is 1. The summed E-state index contributed by atoms with van der Waals surface area (Å²) in [5.74, 6) is -0.0885. The second-order valence-electron chi connectivity index (χ2n) is 6.90. The molecule has 0 bridgehead atoms. The lowest BCUT2D eigenvalue weighted by Gasteiger charge is -2.31. The van der Waals surface area contributed by atoms with Gasteiger partial charge in [0.25, 0.3) is 5.69 Å². The van der Waals surface area contributed by atoms with Crippen LogP contribution in [0.4, 0.5) is 16.2 Å². The summed E-state index contributed by atoms with van der Waals surface area (Å²) in [5.41, 5.74) is 1.71. The maximum atomic E-state index is 12.3. The molecule has 0 spiro atoms. The molecule has 0 aliphatic carbocycles. The number of carbonyl (C=O) groups excluding carboxylic acids is 1. The Morgan fingerprint density at radius 1 is 1.10 bits per heavy atom. The molecule has 30 heavy (non-hydrogen) atoms. The highest BCUT2D eigenvalue weighted by atomic mass is 16.6. The monoisotopic (exact) mass is 415 g/mol. The van der Waals surface area contributed by atoms with Gasteiger partial charge in [-0.05, 0) is 31.0 Å². The first-order valence-corrected chi connectivity index (χ1v) is 10.0. The standard InChI is InChI=1S/C22H29N3O5/c1-4-20(23-18-11-13-19(14-12-18)25(27)28)16(3)21(29-5-2)24-22(26)30-15-17-9-7-6-8-10-17/h6-14,16,20-21,23H,4-5,15H2,1-3H3,(H,24,26)/t16-,20-,21?/m1/s1. The van der Waals surface area contributed by atoms with E-state index in [2.05, 4.69) is 10.6 Å². The van der Waals surface area contributed by atoms with Crippen LogP contribution in [0.25, 0.3) is 0 Å². The molecule has 2 rings (SSSR count). The lowest BCUT2D eigenvalue weighted by Crippen LogP contribution is -2.47. The molecule has 1 amide bonds. The summed E-state index contributed by atoms with van der Waals surface area (Å²) in [4.78, 5) is 22.7. The highest BCUT2D eigenvalue weighted by molar-refractivity contribution is 5.67. The van der Waals surface area contributed by atoms with E-state index in [0.29, 0.717) is 6.61 Å². The summed E-state index contributed by atoms with van der Waals surface area (Å²) >= 11 is 0. The molecule has 1 unspecified atom stereocenters. The van der Waals surface area contributed by atoms with Gasteiger partial charge >= 0.3 is 6.09 Å². The normalized spacial score (nSPS) is 13.7. The van der Waals surface area contributed by atoms with Gasteiger partial charge in [0.05, 0.1) is 4.92 Å². The molecule has 0 radical (unpaired) electrons. The number of nitro benzene ring substituents is 1. The zero-order valence-corrected chi connectivity index (χ0v) is 17.5. The largest absolute Gasteiger partial charge is 0.445 e. The first-order chi connectivity index (χ1) is 14.4. The van der Waals surface area contributed by atoms with E-state index in [9.17, 15) is 14.9 Å². The van der Waals surface area contributed by atoms with E-state index >= 15 is 0 Å². The highest BCUT2D eigenvalue weighted by Gasteiger charge is 2.27. The van der Waals surface area contributed by atoms with E-state index < -0.39 is 17.2 Å². The van der Waals surface area contributed by atoms with Gasteiger partial charge in [-0.2, -0.15) is 0 Å². The molecule has 0 saturated heterocycles. The first-order valence-electron chi connectivity index (χ1n) is 10.0. The predicted molar refractivity (Wildman–Crippen MR) is 115 cm³/mol. The molecule has 2 aromatic carbocycles. The summed E-state index contributed by atoms with van der Waals surface area (Å²) in [6.07, 6.45) is -0.328. The van der Waals surface area contributed by atoms with Crippen LogP contribution in [0.3, 0.4) is 0 Å². The third-order valence-electron chi connectivity index (χ3n) is 4.80. The Labute approximate surface area is 176 Å². The Bertz CT molecular complexity index is 798. The van der Waals surface area contributed by atoms with Gasteiger partial charge in [0.1, 0.15) is 12.8 Å². The van der Waals surface area contributed by atoms with E-state index in [1.54, 1.807) is 12.1 Å². The van der Waals surface area contributed by atoms with Crippen LogP contribution in [0.5, 0.6) is 0 Å². The average molecular weight is 415 g/mol. The van der Waals surface area contributed by atoms with Crippen molar-refractivity contribution in [3.63, 3.8) is 0 Å². The fourth-order valence-corrected chi connectivity index (χ4v) is 3.10. The van der Waals surface area contributed by atoms with Crippen molar-refractivity contribution in [2.75, 3.05) is 11.9 Å². The van der Waals surface area contributed by atoms with Gasteiger partial charge in [-0.1, -0.05) is 44.2 Å².